The monoisotopic (exact) mass is 438 g/mol. The van der Waals surface area contributed by atoms with Crippen molar-refractivity contribution >= 4 is 18.5 Å². The molecule has 9 heteroatoms. The molecule has 1 saturated carbocycles. The zero-order chi connectivity index (χ0) is 22.7. The van der Waals surface area contributed by atoms with Gasteiger partial charge in [-0.25, -0.2) is 14.5 Å². The van der Waals surface area contributed by atoms with Crippen molar-refractivity contribution in [3.8, 4) is 5.69 Å². The van der Waals surface area contributed by atoms with Gasteiger partial charge >= 0.3 is 12.8 Å². The maximum atomic E-state index is 12.5. The molecule has 1 aliphatic carbocycles. The van der Waals surface area contributed by atoms with Gasteiger partial charge in [0.15, 0.2) is 0 Å². The number of amides is 1. The predicted molar refractivity (Wildman–Crippen MR) is 121 cm³/mol. The van der Waals surface area contributed by atoms with Crippen LogP contribution in [-0.4, -0.2) is 57.0 Å². The maximum Gasteiger partial charge on any atom is 0.494 e. The summed E-state index contributed by atoms with van der Waals surface area (Å²) in [4.78, 5) is 26.9. The summed E-state index contributed by atoms with van der Waals surface area (Å²) in [5, 5.41) is 6.87. The molecule has 3 aliphatic rings. The van der Waals surface area contributed by atoms with Gasteiger partial charge in [-0.15, -0.1) is 0 Å². The molecule has 1 N–H and O–H groups in total. The smallest absolute Gasteiger partial charge is 0.399 e. The van der Waals surface area contributed by atoms with Gasteiger partial charge in [0.25, 0.3) is 0 Å². The quantitative estimate of drug-likeness (QED) is 0.718. The molecule has 3 heterocycles. The van der Waals surface area contributed by atoms with E-state index in [2.05, 4.69) is 10.2 Å². The number of benzene rings is 1. The highest BCUT2D eigenvalue weighted by Crippen LogP contribution is 2.36. The highest BCUT2D eigenvalue weighted by atomic mass is 16.7. The van der Waals surface area contributed by atoms with Gasteiger partial charge in [0.05, 0.1) is 16.9 Å². The van der Waals surface area contributed by atoms with Crippen LogP contribution in [0.15, 0.2) is 29.1 Å². The minimum Gasteiger partial charge on any atom is -0.399 e. The van der Waals surface area contributed by atoms with Crippen LogP contribution in [-0.2, 0) is 20.5 Å². The van der Waals surface area contributed by atoms with Crippen molar-refractivity contribution in [1.82, 2.24) is 19.7 Å². The van der Waals surface area contributed by atoms with Crippen LogP contribution in [0.3, 0.4) is 0 Å². The number of H-pyrrole nitrogens is 1. The highest BCUT2D eigenvalue weighted by molar-refractivity contribution is 6.62. The van der Waals surface area contributed by atoms with Crippen LogP contribution in [0.25, 0.3) is 5.69 Å². The molecular weight excluding hydrogens is 407 g/mol. The molecule has 1 amide bonds. The third-order valence-electron chi connectivity index (χ3n) is 7.41. The molecular formula is C23H31BN4O4. The fraction of sp³-hybridized carbons (Fsp3) is 0.609. The maximum absolute atomic E-state index is 12.5. The topological polar surface area (TPSA) is 89.5 Å². The van der Waals surface area contributed by atoms with Crippen molar-refractivity contribution in [1.29, 1.82) is 0 Å². The number of likely N-dealkylation sites (tertiary alicyclic amines) is 1. The van der Waals surface area contributed by atoms with Gasteiger partial charge in [-0.1, -0.05) is 12.1 Å². The van der Waals surface area contributed by atoms with E-state index in [9.17, 15) is 9.59 Å². The molecule has 2 aliphatic heterocycles. The first-order valence-electron chi connectivity index (χ1n) is 11.6. The third-order valence-corrected chi connectivity index (χ3v) is 7.41. The van der Waals surface area contributed by atoms with E-state index in [0.29, 0.717) is 24.1 Å². The van der Waals surface area contributed by atoms with E-state index in [0.717, 1.165) is 43.5 Å². The first kappa shape index (κ1) is 21.5. The summed E-state index contributed by atoms with van der Waals surface area (Å²) >= 11 is 0. The summed E-state index contributed by atoms with van der Waals surface area (Å²) in [6, 6.07) is 7.68. The van der Waals surface area contributed by atoms with Crippen LogP contribution in [0.1, 0.15) is 52.8 Å². The Bertz CT molecular complexity index is 1050. The molecule has 2 aromatic rings. The molecule has 1 aromatic carbocycles. The average Bonchev–Trinajstić information content (AvgIpc) is 3.32. The van der Waals surface area contributed by atoms with E-state index >= 15 is 0 Å². The van der Waals surface area contributed by atoms with Crippen molar-refractivity contribution in [3.05, 3.63) is 40.6 Å². The number of rotatable bonds is 5. The Labute approximate surface area is 188 Å². The lowest BCUT2D eigenvalue weighted by molar-refractivity contribution is -0.131. The number of nitrogens with one attached hydrogen (secondary N) is 1. The lowest BCUT2D eigenvalue weighted by atomic mass is 9.79. The van der Waals surface area contributed by atoms with Gasteiger partial charge in [-0.05, 0) is 70.5 Å². The molecule has 0 bridgehead atoms. The van der Waals surface area contributed by atoms with Gasteiger partial charge < -0.3 is 14.2 Å². The minimum atomic E-state index is -0.442. The standard InChI is InChI=1S/C23H31BN4O4/c1-22(2)23(3,4)32-24(31-22)17-7-9-18(10-8-17)28-19(25-26-21(28)30)13-15-11-12-27(14-15)20(29)16-5-6-16/h7-10,15-16H,5-6,11-14H2,1-4H3,(H,26,30)/t15-/m0/s1. The second kappa shape index (κ2) is 7.59. The molecule has 3 fully saturated rings. The van der Waals surface area contributed by atoms with E-state index in [1.165, 1.54) is 0 Å². The number of hydrogen-bond acceptors (Lipinski definition) is 5. The summed E-state index contributed by atoms with van der Waals surface area (Å²) in [5.74, 6) is 1.56. The summed E-state index contributed by atoms with van der Waals surface area (Å²) < 4.78 is 13.9. The Morgan fingerprint density at radius 3 is 2.41 bits per heavy atom. The Kier molecular flexibility index (Phi) is 5.09. The van der Waals surface area contributed by atoms with Crippen LogP contribution in [0.4, 0.5) is 0 Å². The van der Waals surface area contributed by atoms with E-state index in [4.69, 9.17) is 9.31 Å². The Morgan fingerprint density at radius 2 is 1.78 bits per heavy atom. The van der Waals surface area contributed by atoms with E-state index in [-0.39, 0.29) is 11.6 Å². The summed E-state index contributed by atoms with van der Waals surface area (Å²) in [7, 11) is -0.442. The number of aromatic nitrogens is 3. The first-order chi connectivity index (χ1) is 15.1. The fourth-order valence-electron chi connectivity index (χ4n) is 4.54. The Balaban J connectivity index is 1.30. The molecule has 2 saturated heterocycles. The summed E-state index contributed by atoms with van der Waals surface area (Å²) in [6.45, 7) is 9.67. The van der Waals surface area contributed by atoms with Crippen molar-refractivity contribution in [2.24, 2.45) is 11.8 Å². The molecule has 32 heavy (non-hydrogen) atoms. The van der Waals surface area contributed by atoms with Crippen LogP contribution in [0.5, 0.6) is 0 Å². The minimum absolute atomic E-state index is 0.250. The fourth-order valence-corrected chi connectivity index (χ4v) is 4.54. The Morgan fingerprint density at radius 1 is 1.12 bits per heavy atom. The second-order valence-corrected chi connectivity index (χ2v) is 10.4. The zero-order valence-electron chi connectivity index (χ0n) is 19.3. The SMILES string of the molecule is CC1(C)OB(c2ccc(-n3c(C[C@@H]4CCN(C(=O)C5CC5)C4)n[nH]c3=O)cc2)OC1(C)C. The lowest BCUT2D eigenvalue weighted by Crippen LogP contribution is -2.41. The van der Waals surface area contributed by atoms with Gasteiger partial charge in [-0.2, -0.15) is 5.10 Å². The van der Waals surface area contributed by atoms with Crippen LogP contribution in [0.2, 0.25) is 0 Å². The zero-order valence-corrected chi connectivity index (χ0v) is 19.3. The predicted octanol–water partition coefficient (Wildman–Crippen LogP) is 1.66. The number of carbonyl (C=O) groups excluding carboxylic acids is 1. The summed E-state index contributed by atoms with van der Waals surface area (Å²) in [6.07, 6.45) is 3.66. The molecule has 0 spiro atoms. The second-order valence-electron chi connectivity index (χ2n) is 10.4. The van der Waals surface area contributed by atoms with E-state index in [1.54, 1.807) is 4.57 Å². The van der Waals surface area contributed by atoms with Gasteiger partial charge in [0.1, 0.15) is 5.82 Å². The van der Waals surface area contributed by atoms with Crippen molar-refractivity contribution < 1.29 is 14.1 Å². The average molecular weight is 438 g/mol. The summed E-state index contributed by atoms with van der Waals surface area (Å²) in [5.41, 5.74) is 0.605. The van der Waals surface area contributed by atoms with Crippen LogP contribution < -0.4 is 11.2 Å². The molecule has 8 nitrogen and oxygen atoms in total. The first-order valence-corrected chi connectivity index (χ1v) is 11.6. The number of hydrogen-bond donors (Lipinski definition) is 1. The molecule has 1 aromatic heterocycles. The van der Waals surface area contributed by atoms with E-state index in [1.807, 2.05) is 56.9 Å². The van der Waals surface area contributed by atoms with Crippen molar-refractivity contribution in [2.75, 3.05) is 13.1 Å². The van der Waals surface area contributed by atoms with Crippen molar-refractivity contribution in [3.63, 3.8) is 0 Å². The molecule has 170 valence electrons. The number of carbonyl (C=O) groups is 1. The number of aromatic amines is 1. The van der Waals surface area contributed by atoms with Crippen molar-refractivity contribution in [2.45, 2.75) is 64.6 Å². The van der Waals surface area contributed by atoms with Gasteiger partial charge in [0.2, 0.25) is 5.91 Å². The molecule has 5 rings (SSSR count). The van der Waals surface area contributed by atoms with Gasteiger partial charge in [-0.3, -0.25) is 4.79 Å². The lowest BCUT2D eigenvalue weighted by Gasteiger charge is -2.32. The highest BCUT2D eigenvalue weighted by Gasteiger charge is 2.51. The molecule has 1 atom stereocenters. The molecule has 0 unspecified atom stereocenters. The van der Waals surface area contributed by atoms with Crippen LogP contribution in [0, 0.1) is 11.8 Å². The largest absolute Gasteiger partial charge is 0.494 e. The number of nitrogens with zero attached hydrogens (tertiary/aromatic N) is 3. The normalized spacial score (nSPS) is 24.3. The van der Waals surface area contributed by atoms with Gasteiger partial charge in [0, 0.05) is 25.4 Å². The van der Waals surface area contributed by atoms with Crippen LogP contribution >= 0.6 is 0 Å². The Hall–Kier alpha value is -2.39. The third kappa shape index (κ3) is 3.81. The van der Waals surface area contributed by atoms with E-state index < -0.39 is 18.3 Å². The molecule has 0 radical (unpaired) electrons.